The lowest BCUT2D eigenvalue weighted by atomic mass is 9.94. The Hall–Kier alpha value is -2.58. The first-order valence-electron chi connectivity index (χ1n) is 12.2. The number of benzene rings is 3. The summed E-state index contributed by atoms with van der Waals surface area (Å²) in [5, 5.41) is 10.6. The monoisotopic (exact) mass is 528 g/mol. The Kier molecular flexibility index (Phi) is 8.57. The minimum Gasteiger partial charge on any atom is -0.493 e. The Labute approximate surface area is 219 Å². The molecular weight excluding hydrogens is 496 g/mol. The molecule has 36 heavy (non-hydrogen) atoms. The lowest BCUT2D eigenvalue weighted by Gasteiger charge is -2.35. The quantitative estimate of drug-likeness (QED) is 0.359. The number of halogens is 1. The van der Waals surface area contributed by atoms with Crippen molar-refractivity contribution < 1.29 is 18.3 Å². The first kappa shape index (κ1) is 26.5. The van der Waals surface area contributed by atoms with Gasteiger partial charge >= 0.3 is 0 Å². The van der Waals surface area contributed by atoms with Gasteiger partial charge in [-0.2, -0.15) is 0 Å². The molecule has 6 nitrogen and oxygen atoms in total. The first-order chi connectivity index (χ1) is 17.2. The standard InChI is InChI=1S/C28H33ClN2O4S/c1-28(32)16-19-30(20-17-28)18-7-21-35-27-11-6-5-8-23(27)22-31(25-9-3-2-4-10-25)36(33,34)26-14-12-24(29)13-15-26/h2-6,8-15,32H,7,16-22H2,1H3. The molecule has 0 saturated carbocycles. The molecule has 4 rings (SSSR count). The van der Waals surface area contributed by atoms with Crippen molar-refractivity contribution in [1.29, 1.82) is 0 Å². The van der Waals surface area contributed by atoms with Crippen LogP contribution in [0, 0.1) is 0 Å². The SMILES string of the molecule is CC1(O)CCN(CCCOc2ccccc2CN(c2ccccc2)S(=O)(=O)c2ccc(Cl)cc2)CC1. The van der Waals surface area contributed by atoms with Crippen molar-refractivity contribution >= 4 is 27.3 Å². The third-order valence-corrected chi connectivity index (χ3v) is 8.58. The van der Waals surface area contributed by atoms with E-state index in [1.807, 2.05) is 49.4 Å². The van der Waals surface area contributed by atoms with E-state index in [2.05, 4.69) is 4.90 Å². The largest absolute Gasteiger partial charge is 0.493 e. The van der Waals surface area contributed by atoms with Crippen LogP contribution < -0.4 is 9.04 Å². The zero-order valence-electron chi connectivity index (χ0n) is 20.5. The summed E-state index contributed by atoms with van der Waals surface area (Å²) in [5.74, 6) is 0.673. The van der Waals surface area contributed by atoms with Crippen LogP contribution in [0.5, 0.6) is 5.75 Å². The zero-order valence-corrected chi connectivity index (χ0v) is 22.1. The number of hydrogen-bond donors (Lipinski definition) is 1. The van der Waals surface area contributed by atoms with Gasteiger partial charge in [0.2, 0.25) is 0 Å². The third-order valence-electron chi connectivity index (χ3n) is 6.54. The molecule has 1 saturated heterocycles. The van der Waals surface area contributed by atoms with Gasteiger partial charge in [-0.1, -0.05) is 48.0 Å². The van der Waals surface area contributed by atoms with Crippen molar-refractivity contribution in [1.82, 2.24) is 4.90 Å². The lowest BCUT2D eigenvalue weighted by Crippen LogP contribution is -2.42. The molecule has 0 aromatic heterocycles. The van der Waals surface area contributed by atoms with Crippen LogP contribution in [0.1, 0.15) is 31.7 Å². The lowest BCUT2D eigenvalue weighted by molar-refractivity contribution is -0.00604. The molecule has 1 heterocycles. The van der Waals surface area contributed by atoms with E-state index in [-0.39, 0.29) is 11.4 Å². The highest BCUT2D eigenvalue weighted by Crippen LogP contribution is 2.29. The van der Waals surface area contributed by atoms with Crippen LogP contribution in [0.2, 0.25) is 5.02 Å². The zero-order chi connectivity index (χ0) is 25.6. The number of aliphatic hydroxyl groups is 1. The van der Waals surface area contributed by atoms with Crippen molar-refractivity contribution in [2.75, 3.05) is 30.5 Å². The average Bonchev–Trinajstić information content (AvgIpc) is 2.87. The molecule has 0 spiro atoms. The molecule has 0 radical (unpaired) electrons. The van der Waals surface area contributed by atoms with Crippen LogP contribution >= 0.6 is 11.6 Å². The summed E-state index contributed by atoms with van der Waals surface area (Å²) in [7, 11) is -3.84. The summed E-state index contributed by atoms with van der Waals surface area (Å²) in [4.78, 5) is 2.53. The van der Waals surface area contributed by atoms with Crippen molar-refractivity contribution in [2.45, 2.75) is 43.2 Å². The highest BCUT2D eigenvalue weighted by Gasteiger charge is 2.27. The van der Waals surface area contributed by atoms with Crippen LogP contribution in [-0.2, 0) is 16.6 Å². The minimum absolute atomic E-state index is 0.131. The van der Waals surface area contributed by atoms with E-state index in [1.165, 1.54) is 16.4 Å². The van der Waals surface area contributed by atoms with E-state index in [4.69, 9.17) is 16.3 Å². The first-order valence-corrected chi connectivity index (χ1v) is 14.1. The van der Waals surface area contributed by atoms with E-state index < -0.39 is 15.6 Å². The Bertz CT molecular complexity index is 1220. The van der Waals surface area contributed by atoms with Gasteiger partial charge in [0.05, 0.1) is 29.3 Å². The molecule has 3 aromatic carbocycles. The number of para-hydroxylation sites is 2. The van der Waals surface area contributed by atoms with Crippen molar-refractivity contribution in [3.8, 4) is 5.75 Å². The van der Waals surface area contributed by atoms with Gasteiger partial charge in [-0.15, -0.1) is 0 Å². The Morgan fingerprint density at radius 1 is 0.972 bits per heavy atom. The summed E-state index contributed by atoms with van der Waals surface area (Å²) in [6.45, 7) is 5.23. The van der Waals surface area contributed by atoms with Gasteiger partial charge in [0.25, 0.3) is 10.0 Å². The van der Waals surface area contributed by atoms with E-state index in [9.17, 15) is 13.5 Å². The van der Waals surface area contributed by atoms with Gasteiger partial charge in [-0.25, -0.2) is 8.42 Å². The minimum atomic E-state index is -3.84. The topological polar surface area (TPSA) is 70.1 Å². The van der Waals surface area contributed by atoms with Gasteiger partial charge in [0, 0.05) is 30.2 Å². The molecule has 192 valence electrons. The molecule has 0 amide bonds. The second-order valence-electron chi connectivity index (χ2n) is 9.45. The van der Waals surface area contributed by atoms with E-state index in [0.717, 1.165) is 44.5 Å². The molecule has 1 fully saturated rings. The number of likely N-dealkylation sites (tertiary alicyclic amines) is 1. The molecule has 0 aliphatic carbocycles. The smallest absolute Gasteiger partial charge is 0.264 e. The van der Waals surface area contributed by atoms with E-state index in [1.54, 1.807) is 24.3 Å². The van der Waals surface area contributed by atoms with E-state index in [0.29, 0.717) is 23.1 Å². The number of hydrogen-bond acceptors (Lipinski definition) is 5. The normalized spacial score (nSPS) is 16.0. The average molecular weight is 529 g/mol. The van der Waals surface area contributed by atoms with Gasteiger partial charge in [0.15, 0.2) is 0 Å². The number of anilines is 1. The van der Waals surface area contributed by atoms with Gasteiger partial charge in [-0.3, -0.25) is 4.31 Å². The number of nitrogens with zero attached hydrogens (tertiary/aromatic N) is 2. The fourth-order valence-electron chi connectivity index (χ4n) is 4.30. The van der Waals surface area contributed by atoms with Gasteiger partial charge in [-0.05, 0) is 68.7 Å². The van der Waals surface area contributed by atoms with Crippen LogP contribution in [0.15, 0.2) is 83.8 Å². The fourth-order valence-corrected chi connectivity index (χ4v) is 5.87. The number of piperidine rings is 1. The maximum atomic E-state index is 13.7. The highest BCUT2D eigenvalue weighted by molar-refractivity contribution is 7.92. The molecule has 1 aliphatic heterocycles. The molecule has 1 aliphatic rings. The second-order valence-corrected chi connectivity index (χ2v) is 11.7. The molecule has 8 heteroatoms. The Balaban J connectivity index is 1.47. The maximum absolute atomic E-state index is 13.7. The van der Waals surface area contributed by atoms with Gasteiger partial charge < -0.3 is 14.7 Å². The van der Waals surface area contributed by atoms with Crippen molar-refractivity contribution in [2.24, 2.45) is 0 Å². The summed E-state index contributed by atoms with van der Waals surface area (Å²) in [6.07, 6.45) is 2.42. The predicted molar refractivity (Wildman–Crippen MR) is 144 cm³/mol. The summed E-state index contributed by atoms with van der Waals surface area (Å²) < 4.78 is 34.8. The third kappa shape index (κ3) is 6.79. The number of sulfonamides is 1. The molecule has 1 N–H and O–H groups in total. The number of ether oxygens (including phenoxy) is 1. The van der Waals surface area contributed by atoms with Crippen LogP contribution in [0.25, 0.3) is 0 Å². The fraction of sp³-hybridized carbons (Fsp3) is 0.357. The van der Waals surface area contributed by atoms with Gasteiger partial charge in [0.1, 0.15) is 5.75 Å². The summed E-state index contributed by atoms with van der Waals surface area (Å²) >= 11 is 5.99. The molecule has 0 bridgehead atoms. The molecule has 0 unspecified atom stereocenters. The van der Waals surface area contributed by atoms with Crippen molar-refractivity contribution in [3.05, 3.63) is 89.4 Å². The molecule has 0 atom stereocenters. The predicted octanol–water partition coefficient (Wildman–Crippen LogP) is 5.35. The second kappa shape index (κ2) is 11.6. The van der Waals surface area contributed by atoms with Crippen LogP contribution in [-0.4, -0.2) is 50.3 Å². The Morgan fingerprint density at radius 3 is 2.31 bits per heavy atom. The van der Waals surface area contributed by atoms with Crippen LogP contribution in [0.3, 0.4) is 0 Å². The van der Waals surface area contributed by atoms with Crippen molar-refractivity contribution in [3.63, 3.8) is 0 Å². The summed E-state index contributed by atoms with van der Waals surface area (Å²) in [5.41, 5.74) is 0.805. The summed E-state index contributed by atoms with van der Waals surface area (Å²) in [6, 6.07) is 22.8. The van der Waals surface area contributed by atoms with Crippen LogP contribution in [0.4, 0.5) is 5.69 Å². The Morgan fingerprint density at radius 2 is 1.61 bits per heavy atom. The molecule has 3 aromatic rings. The number of rotatable bonds is 10. The highest BCUT2D eigenvalue weighted by atomic mass is 35.5. The van der Waals surface area contributed by atoms with E-state index >= 15 is 0 Å². The maximum Gasteiger partial charge on any atom is 0.264 e. The molecular formula is C28H33ClN2O4S.